The van der Waals surface area contributed by atoms with Crippen molar-refractivity contribution in [3.8, 4) is 0 Å². The van der Waals surface area contributed by atoms with E-state index in [1.165, 1.54) is 6.92 Å². The molecule has 6 nitrogen and oxygen atoms in total. The molecule has 0 spiro atoms. The number of hydrogen-bond donors (Lipinski definition) is 0. The average Bonchev–Trinajstić information content (AvgIpc) is 3.25. The Labute approximate surface area is 228 Å². The van der Waals surface area contributed by atoms with Gasteiger partial charge in [0.05, 0.1) is 0 Å². The van der Waals surface area contributed by atoms with Crippen LogP contribution in [0.4, 0.5) is 0 Å². The third-order valence-corrected chi connectivity index (χ3v) is 7.72. The van der Waals surface area contributed by atoms with Crippen LogP contribution in [-0.4, -0.2) is 27.8 Å². The monoisotopic (exact) mass is 522 g/mol. The van der Waals surface area contributed by atoms with Gasteiger partial charge in [-0.15, -0.1) is 0 Å². The van der Waals surface area contributed by atoms with Gasteiger partial charge in [0, 0.05) is 57.9 Å². The van der Waals surface area contributed by atoms with Crippen LogP contribution in [-0.2, 0) is 16.2 Å². The molecule has 200 valence electrons. The average molecular weight is 523 g/mol. The molecule has 1 aliphatic rings. The number of aromatic nitrogens is 1. The summed E-state index contributed by atoms with van der Waals surface area (Å²) in [6.45, 7) is 6.14. The number of carbonyl (C=O) groups excluding carboxylic acids is 3. The van der Waals surface area contributed by atoms with Crippen molar-refractivity contribution >= 4 is 45.1 Å². The molecule has 4 aromatic rings. The Morgan fingerprint density at radius 1 is 0.897 bits per heavy atom. The maximum atomic E-state index is 13.7. The lowest BCUT2D eigenvalue weighted by atomic mass is 9.83. The first-order valence-electron chi connectivity index (χ1n) is 13.9. The van der Waals surface area contributed by atoms with E-state index in [0.29, 0.717) is 22.4 Å². The summed E-state index contributed by atoms with van der Waals surface area (Å²) in [7, 11) is 0. The van der Waals surface area contributed by atoms with Crippen molar-refractivity contribution in [3.63, 3.8) is 0 Å². The minimum absolute atomic E-state index is 0.00278. The van der Waals surface area contributed by atoms with E-state index in [0.717, 1.165) is 72.4 Å². The number of carbonyl (C=O) groups is 3. The van der Waals surface area contributed by atoms with Crippen molar-refractivity contribution in [1.29, 1.82) is 0 Å². The molecule has 1 aromatic heterocycles. The second-order valence-corrected chi connectivity index (χ2v) is 10.5. The first kappa shape index (κ1) is 26.5. The van der Waals surface area contributed by atoms with E-state index >= 15 is 0 Å². The first-order chi connectivity index (χ1) is 18.9. The van der Waals surface area contributed by atoms with E-state index in [4.69, 9.17) is 4.84 Å². The van der Waals surface area contributed by atoms with Gasteiger partial charge in [-0.3, -0.25) is 9.59 Å². The topological polar surface area (TPSA) is 77.7 Å². The van der Waals surface area contributed by atoms with Crippen molar-refractivity contribution in [2.75, 3.05) is 0 Å². The van der Waals surface area contributed by atoms with Gasteiger partial charge in [0.2, 0.25) is 5.78 Å². The van der Waals surface area contributed by atoms with Gasteiger partial charge in [0.25, 0.3) is 0 Å². The summed E-state index contributed by atoms with van der Waals surface area (Å²) in [6, 6.07) is 19.2. The molecule has 0 unspecified atom stereocenters. The fraction of sp³-hybridized carbons (Fsp3) is 0.333. The van der Waals surface area contributed by atoms with Crippen molar-refractivity contribution < 1.29 is 19.2 Å². The molecule has 1 fully saturated rings. The molecule has 1 aliphatic carbocycles. The zero-order chi connectivity index (χ0) is 27.5. The van der Waals surface area contributed by atoms with Crippen LogP contribution in [0.15, 0.2) is 65.8 Å². The number of ketones is 2. The highest BCUT2D eigenvalue weighted by molar-refractivity contribution is 6.46. The SMILES string of the molecule is CCCn1c2ccc(C(=O)c3ccccc3C)cc2c2ccc(C(=O)/C(=N/OC(C)=O)C3CCCCC3)cc21. The van der Waals surface area contributed by atoms with E-state index in [1.54, 1.807) is 0 Å². The lowest BCUT2D eigenvalue weighted by molar-refractivity contribution is -0.140. The summed E-state index contributed by atoms with van der Waals surface area (Å²) in [6.07, 6.45) is 5.85. The van der Waals surface area contributed by atoms with E-state index in [-0.39, 0.29) is 17.5 Å². The Morgan fingerprint density at radius 2 is 1.64 bits per heavy atom. The van der Waals surface area contributed by atoms with Crippen LogP contribution in [0.5, 0.6) is 0 Å². The lowest BCUT2D eigenvalue weighted by Crippen LogP contribution is -2.27. The number of aryl methyl sites for hydroxylation is 2. The van der Waals surface area contributed by atoms with E-state index in [1.807, 2.05) is 67.6 Å². The first-order valence-corrected chi connectivity index (χ1v) is 13.9. The smallest absolute Gasteiger partial charge is 0.331 e. The number of rotatable bonds is 8. The lowest BCUT2D eigenvalue weighted by Gasteiger charge is -2.22. The largest absolute Gasteiger partial charge is 0.340 e. The summed E-state index contributed by atoms with van der Waals surface area (Å²) in [4.78, 5) is 43.6. The standard InChI is InChI=1S/C33H34N2O4/c1-4-18-35-29-17-15-24(32(37)26-13-9-8-10-21(26)2)19-28(29)27-16-14-25(20-30(27)35)33(38)31(34-39-22(3)36)23-11-6-5-7-12-23/h8-10,13-17,19-20,23H,4-7,11-12,18H2,1-3H3/b34-31+. The normalized spacial score (nSPS) is 14.6. The zero-order valence-electron chi connectivity index (χ0n) is 22.8. The van der Waals surface area contributed by atoms with E-state index in [9.17, 15) is 14.4 Å². The number of oxime groups is 1. The fourth-order valence-corrected chi connectivity index (χ4v) is 5.77. The summed E-state index contributed by atoms with van der Waals surface area (Å²) in [5.41, 5.74) is 5.10. The Bertz CT molecular complexity index is 1610. The zero-order valence-corrected chi connectivity index (χ0v) is 22.8. The second-order valence-electron chi connectivity index (χ2n) is 10.5. The Balaban J connectivity index is 1.59. The third-order valence-electron chi connectivity index (χ3n) is 7.72. The van der Waals surface area contributed by atoms with Gasteiger partial charge in [-0.05, 0) is 56.0 Å². The summed E-state index contributed by atoms with van der Waals surface area (Å²) in [5.74, 6) is -0.755. The van der Waals surface area contributed by atoms with Crippen LogP contribution >= 0.6 is 0 Å². The van der Waals surface area contributed by atoms with Gasteiger partial charge in [-0.2, -0.15) is 0 Å². The van der Waals surface area contributed by atoms with Crippen LogP contribution in [0.2, 0.25) is 0 Å². The molecule has 5 rings (SSSR count). The van der Waals surface area contributed by atoms with Crippen molar-refractivity contribution in [2.45, 2.75) is 65.8 Å². The van der Waals surface area contributed by atoms with Crippen LogP contribution < -0.4 is 0 Å². The molecule has 0 amide bonds. The van der Waals surface area contributed by atoms with Crippen LogP contribution in [0.3, 0.4) is 0 Å². The highest BCUT2D eigenvalue weighted by Crippen LogP contribution is 2.33. The van der Waals surface area contributed by atoms with Gasteiger partial charge >= 0.3 is 5.97 Å². The minimum atomic E-state index is -0.536. The molecule has 1 heterocycles. The molecule has 0 N–H and O–H groups in total. The molecule has 0 aliphatic heterocycles. The van der Waals surface area contributed by atoms with Crippen molar-refractivity contribution in [2.24, 2.45) is 11.1 Å². The molecule has 3 aromatic carbocycles. The summed E-state index contributed by atoms with van der Waals surface area (Å²) in [5, 5.41) is 6.02. The van der Waals surface area contributed by atoms with Gasteiger partial charge < -0.3 is 9.40 Å². The molecule has 0 bridgehead atoms. The fourth-order valence-electron chi connectivity index (χ4n) is 5.77. The van der Waals surface area contributed by atoms with E-state index < -0.39 is 5.97 Å². The number of benzene rings is 3. The van der Waals surface area contributed by atoms with Gasteiger partial charge in [0.15, 0.2) is 5.78 Å². The summed E-state index contributed by atoms with van der Waals surface area (Å²) < 4.78 is 2.22. The van der Waals surface area contributed by atoms with Gasteiger partial charge in [-0.25, -0.2) is 4.79 Å². The van der Waals surface area contributed by atoms with Crippen molar-refractivity contribution in [3.05, 3.63) is 82.9 Å². The number of nitrogens with zero attached hydrogens (tertiary/aromatic N) is 2. The highest BCUT2D eigenvalue weighted by Gasteiger charge is 2.28. The molecular weight excluding hydrogens is 488 g/mol. The van der Waals surface area contributed by atoms with Crippen LogP contribution in [0.1, 0.15) is 84.2 Å². The number of Topliss-reactive ketones (excluding diaryl/α,β-unsaturated/α-hetero) is 1. The maximum Gasteiger partial charge on any atom is 0.331 e. The molecule has 0 radical (unpaired) electrons. The molecule has 6 heteroatoms. The maximum absolute atomic E-state index is 13.7. The minimum Gasteiger partial charge on any atom is -0.340 e. The third kappa shape index (κ3) is 5.29. The molecule has 1 saturated carbocycles. The molecule has 39 heavy (non-hydrogen) atoms. The number of fused-ring (bicyclic) bond motifs is 3. The quantitative estimate of drug-likeness (QED) is 0.104. The van der Waals surface area contributed by atoms with Crippen LogP contribution in [0, 0.1) is 12.8 Å². The van der Waals surface area contributed by atoms with Crippen LogP contribution in [0.25, 0.3) is 21.8 Å². The predicted molar refractivity (Wildman–Crippen MR) is 154 cm³/mol. The highest BCUT2D eigenvalue weighted by atomic mass is 16.7. The molecule has 0 atom stereocenters. The van der Waals surface area contributed by atoms with Crippen molar-refractivity contribution in [1.82, 2.24) is 4.57 Å². The van der Waals surface area contributed by atoms with Gasteiger partial charge in [-0.1, -0.05) is 67.7 Å². The number of hydrogen-bond acceptors (Lipinski definition) is 5. The Morgan fingerprint density at radius 3 is 2.36 bits per heavy atom. The van der Waals surface area contributed by atoms with E-state index in [2.05, 4.69) is 16.6 Å². The van der Waals surface area contributed by atoms with Gasteiger partial charge in [0.1, 0.15) is 5.71 Å². The second kappa shape index (κ2) is 11.4. The summed E-state index contributed by atoms with van der Waals surface area (Å²) >= 11 is 0. The predicted octanol–water partition coefficient (Wildman–Crippen LogP) is 7.43. The molecular formula is C33H34N2O4. The Kier molecular flexibility index (Phi) is 7.73. The molecule has 0 saturated heterocycles. The Hall–Kier alpha value is -4.06.